The van der Waals surface area contributed by atoms with Crippen molar-refractivity contribution in [2.24, 2.45) is 0 Å². The maximum atomic E-state index is 11.7. The van der Waals surface area contributed by atoms with E-state index in [1.165, 1.54) is 0 Å². The Labute approximate surface area is 108 Å². The van der Waals surface area contributed by atoms with Crippen LogP contribution in [-0.2, 0) is 0 Å². The topological polar surface area (TPSA) is 44.4 Å². The van der Waals surface area contributed by atoms with E-state index in [0.717, 1.165) is 36.3 Å². The molecule has 1 aromatic rings. The molecule has 0 bridgehead atoms. The van der Waals surface area contributed by atoms with E-state index in [2.05, 4.69) is 22.6 Å². The number of rotatable bonds is 3. The van der Waals surface area contributed by atoms with Crippen LogP contribution in [0.3, 0.4) is 0 Å². The fraction of sp³-hybridized carbons (Fsp3) is 0.500. The lowest BCUT2D eigenvalue weighted by Gasteiger charge is -2.17. The third-order valence-corrected chi connectivity index (χ3v) is 3.56. The smallest absolute Gasteiger partial charge is 0.251 e. The average Bonchev–Trinajstić information content (AvgIpc) is 2.76. The molecule has 0 saturated carbocycles. The van der Waals surface area contributed by atoms with Crippen molar-refractivity contribution in [2.45, 2.75) is 19.4 Å². The van der Waals surface area contributed by atoms with Gasteiger partial charge in [0.1, 0.15) is 0 Å². The first-order valence-corrected chi connectivity index (χ1v) is 6.38. The minimum absolute atomic E-state index is 0.0281. The highest BCUT2D eigenvalue weighted by atomic mass is 16.1. The highest BCUT2D eigenvalue weighted by Gasteiger charge is 2.20. The Morgan fingerprint density at radius 3 is 2.83 bits per heavy atom. The molecule has 1 fully saturated rings. The van der Waals surface area contributed by atoms with Gasteiger partial charge in [-0.15, -0.1) is 0 Å². The lowest BCUT2D eigenvalue weighted by atomic mass is 10.1. The van der Waals surface area contributed by atoms with Crippen LogP contribution >= 0.6 is 0 Å². The minimum Gasteiger partial charge on any atom is -0.381 e. The molecule has 2 N–H and O–H groups in total. The van der Waals surface area contributed by atoms with Crippen LogP contribution < -0.4 is 10.6 Å². The fourth-order valence-electron chi connectivity index (χ4n) is 2.45. The van der Waals surface area contributed by atoms with Crippen LogP contribution in [-0.4, -0.2) is 44.0 Å². The number of likely N-dealkylation sites (N-methyl/N-ethyl adjacent to an activating group) is 1. The SMILES string of the molecule is CNC(=O)c1cccc(NC2CCN(C)C2)c1C. The van der Waals surface area contributed by atoms with E-state index in [9.17, 15) is 4.79 Å². The van der Waals surface area contributed by atoms with Gasteiger partial charge >= 0.3 is 0 Å². The predicted octanol–water partition coefficient (Wildman–Crippen LogP) is 1.47. The van der Waals surface area contributed by atoms with Gasteiger partial charge in [0.05, 0.1) is 0 Å². The predicted molar refractivity (Wildman–Crippen MR) is 74.1 cm³/mol. The van der Waals surface area contributed by atoms with E-state index >= 15 is 0 Å². The van der Waals surface area contributed by atoms with Gasteiger partial charge in [0, 0.05) is 30.9 Å². The van der Waals surface area contributed by atoms with Crippen molar-refractivity contribution in [1.29, 1.82) is 0 Å². The second-order valence-electron chi connectivity index (χ2n) is 4.95. The summed E-state index contributed by atoms with van der Waals surface area (Å²) in [4.78, 5) is 14.0. The highest BCUT2D eigenvalue weighted by molar-refractivity contribution is 5.96. The van der Waals surface area contributed by atoms with Crippen molar-refractivity contribution in [1.82, 2.24) is 10.2 Å². The second-order valence-corrected chi connectivity index (χ2v) is 4.95. The first kappa shape index (κ1) is 12.9. The molecule has 1 saturated heterocycles. The number of likely N-dealkylation sites (tertiary alicyclic amines) is 1. The van der Waals surface area contributed by atoms with Crippen LogP contribution in [0.4, 0.5) is 5.69 Å². The molecule has 4 heteroatoms. The van der Waals surface area contributed by atoms with Gasteiger partial charge in [-0.2, -0.15) is 0 Å². The Balaban J connectivity index is 2.16. The molecule has 1 amide bonds. The summed E-state index contributed by atoms with van der Waals surface area (Å²) in [6.45, 7) is 4.18. The molecule has 1 aromatic carbocycles. The zero-order chi connectivity index (χ0) is 13.1. The lowest BCUT2D eigenvalue weighted by molar-refractivity contribution is 0.0962. The summed E-state index contributed by atoms with van der Waals surface area (Å²) in [6.07, 6.45) is 1.15. The summed E-state index contributed by atoms with van der Waals surface area (Å²) in [6, 6.07) is 6.31. The molecule has 0 spiro atoms. The quantitative estimate of drug-likeness (QED) is 0.850. The van der Waals surface area contributed by atoms with Crippen molar-refractivity contribution >= 4 is 11.6 Å². The molecule has 18 heavy (non-hydrogen) atoms. The maximum absolute atomic E-state index is 11.7. The minimum atomic E-state index is -0.0281. The van der Waals surface area contributed by atoms with Crippen molar-refractivity contribution in [3.05, 3.63) is 29.3 Å². The average molecular weight is 247 g/mol. The number of benzene rings is 1. The van der Waals surface area contributed by atoms with E-state index in [4.69, 9.17) is 0 Å². The third kappa shape index (κ3) is 2.64. The molecule has 0 radical (unpaired) electrons. The standard InChI is InChI=1S/C14H21N3O/c1-10-12(14(18)15-2)5-4-6-13(10)16-11-7-8-17(3)9-11/h4-6,11,16H,7-9H2,1-3H3,(H,15,18). The largest absolute Gasteiger partial charge is 0.381 e. The van der Waals surface area contributed by atoms with E-state index in [1.54, 1.807) is 7.05 Å². The van der Waals surface area contributed by atoms with E-state index in [1.807, 2.05) is 25.1 Å². The Morgan fingerprint density at radius 1 is 1.44 bits per heavy atom. The Kier molecular flexibility index (Phi) is 3.87. The van der Waals surface area contributed by atoms with Gasteiger partial charge in [-0.05, 0) is 44.6 Å². The lowest BCUT2D eigenvalue weighted by Crippen LogP contribution is -2.25. The Morgan fingerprint density at radius 2 is 2.22 bits per heavy atom. The summed E-state index contributed by atoms with van der Waals surface area (Å²) in [5.74, 6) is -0.0281. The van der Waals surface area contributed by atoms with Gasteiger partial charge in [-0.3, -0.25) is 4.79 Å². The number of hydrogen-bond donors (Lipinski definition) is 2. The summed E-state index contributed by atoms with van der Waals surface area (Å²) >= 11 is 0. The molecule has 1 unspecified atom stereocenters. The summed E-state index contributed by atoms with van der Waals surface area (Å²) in [7, 11) is 3.79. The van der Waals surface area contributed by atoms with Crippen molar-refractivity contribution < 1.29 is 4.79 Å². The molecule has 0 aromatic heterocycles. The molecular weight excluding hydrogens is 226 g/mol. The number of amides is 1. The number of nitrogens with zero attached hydrogens (tertiary/aromatic N) is 1. The van der Waals surface area contributed by atoms with Gasteiger partial charge in [0.25, 0.3) is 5.91 Å². The van der Waals surface area contributed by atoms with Crippen LogP contribution in [0.1, 0.15) is 22.3 Å². The Hall–Kier alpha value is -1.55. The van der Waals surface area contributed by atoms with E-state index < -0.39 is 0 Å². The monoisotopic (exact) mass is 247 g/mol. The third-order valence-electron chi connectivity index (χ3n) is 3.56. The van der Waals surface area contributed by atoms with Crippen LogP contribution in [0.2, 0.25) is 0 Å². The van der Waals surface area contributed by atoms with Crippen molar-refractivity contribution in [3.8, 4) is 0 Å². The Bertz CT molecular complexity index is 445. The van der Waals surface area contributed by atoms with Crippen LogP contribution in [0, 0.1) is 6.92 Å². The number of anilines is 1. The van der Waals surface area contributed by atoms with Crippen molar-refractivity contribution in [2.75, 3.05) is 32.5 Å². The highest BCUT2D eigenvalue weighted by Crippen LogP contribution is 2.21. The molecular formula is C14H21N3O. The molecule has 2 rings (SSSR count). The summed E-state index contributed by atoms with van der Waals surface area (Å²) in [5.41, 5.74) is 2.83. The molecule has 4 nitrogen and oxygen atoms in total. The molecule has 1 atom stereocenters. The van der Waals surface area contributed by atoms with E-state index in [-0.39, 0.29) is 5.91 Å². The number of hydrogen-bond acceptors (Lipinski definition) is 3. The zero-order valence-corrected chi connectivity index (χ0v) is 11.3. The first-order valence-electron chi connectivity index (χ1n) is 6.38. The second kappa shape index (κ2) is 5.40. The fourth-order valence-corrected chi connectivity index (χ4v) is 2.45. The normalized spacial score (nSPS) is 19.8. The number of nitrogens with one attached hydrogen (secondary N) is 2. The van der Waals surface area contributed by atoms with Gasteiger partial charge in [-0.25, -0.2) is 0 Å². The van der Waals surface area contributed by atoms with Gasteiger partial charge in [0.2, 0.25) is 0 Å². The molecule has 1 aliphatic rings. The molecule has 0 aliphatic carbocycles. The van der Waals surface area contributed by atoms with Gasteiger partial charge < -0.3 is 15.5 Å². The molecule has 1 aliphatic heterocycles. The van der Waals surface area contributed by atoms with Crippen LogP contribution in [0.5, 0.6) is 0 Å². The number of carbonyl (C=O) groups is 1. The van der Waals surface area contributed by atoms with E-state index in [0.29, 0.717) is 6.04 Å². The van der Waals surface area contributed by atoms with Crippen molar-refractivity contribution in [3.63, 3.8) is 0 Å². The number of carbonyl (C=O) groups excluding carboxylic acids is 1. The molecule has 98 valence electrons. The maximum Gasteiger partial charge on any atom is 0.251 e. The van der Waals surface area contributed by atoms with Gasteiger partial charge in [0.15, 0.2) is 0 Å². The van der Waals surface area contributed by atoms with Crippen LogP contribution in [0.15, 0.2) is 18.2 Å². The van der Waals surface area contributed by atoms with Crippen LogP contribution in [0.25, 0.3) is 0 Å². The van der Waals surface area contributed by atoms with Gasteiger partial charge in [-0.1, -0.05) is 6.07 Å². The molecule has 1 heterocycles. The first-order chi connectivity index (χ1) is 8.61. The zero-order valence-electron chi connectivity index (χ0n) is 11.3. The summed E-state index contributed by atoms with van der Waals surface area (Å²) in [5, 5.41) is 6.21. The summed E-state index contributed by atoms with van der Waals surface area (Å²) < 4.78 is 0.